The first-order valence-electron chi connectivity index (χ1n) is 6.88. The minimum Gasteiger partial charge on any atom is -0.329 e. The number of benzene rings is 1. The number of aromatic nitrogens is 3. The lowest BCUT2D eigenvalue weighted by atomic mass is 10.3. The molecule has 0 fully saturated rings. The van der Waals surface area contributed by atoms with E-state index in [4.69, 9.17) is 11.5 Å². The van der Waals surface area contributed by atoms with Gasteiger partial charge < -0.3 is 16.8 Å². The van der Waals surface area contributed by atoms with Gasteiger partial charge in [0.05, 0.1) is 24.5 Å². The van der Waals surface area contributed by atoms with Crippen molar-refractivity contribution in [3.8, 4) is 0 Å². The molecule has 1 aromatic carbocycles. The largest absolute Gasteiger partial charge is 0.359 e. The van der Waals surface area contributed by atoms with Crippen LogP contribution in [-0.2, 0) is 6.54 Å². The maximum absolute atomic E-state index is 12.7. The number of halogens is 1. The molecule has 2 amide bonds. The monoisotopic (exact) mass is 320 g/mol. The Morgan fingerprint density at radius 1 is 1.30 bits per heavy atom. The first kappa shape index (κ1) is 16.6. The van der Waals surface area contributed by atoms with E-state index in [1.165, 1.54) is 24.3 Å². The smallest absolute Gasteiger partial charge is 0.329 e. The highest BCUT2D eigenvalue weighted by Gasteiger charge is 2.10. The number of hydrogen-bond donors (Lipinski definition) is 3. The maximum Gasteiger partial charge on any atom is 0.359 e. The number of rotatable bonds is 6. The van der Waals surface area contributed by atoms with Crippen molar-refractivity contribution in [2.24, 2.45) is 21.7 Å². The third-order valence-corrected chi connectivity index (χ3v) is 2.98. The second-order valence-electron chi connectivity index (χ2n) is 4.65. The molecule has 0 unspecified atom stereocenters. The van der Waals surface area contributed by atoms with Gasteiger partial charge in [-0.1, -0.05) is 10.3 Å². The zero-order chi connectivity index (χ0) is 16.7. The Morgan fingerprint density at radius 2 is 2.00 bits per heavy atom. The summed E-state index contributed by atoms with van der Waals surface area (Å²) in [5.41, 5.74) is 12.0. The second kappa shape index (κ2) is 8.06. The number of azo groups is 1. The summed E-state index contributed by atoms with van der Waals surface area (Å²) in [5, 5.41) is 17.5. The molecule has 5 N–H and O–H groups in total. The van der Waals surface area contributed by atoms with Crippen LogP contribution in [0.15, 0.2) is 40.7 Å². The number of urea groups is 1. The predicted octanol–water partition coefficient (Wildman–Crippen LogP) is 0.869. The summed E-state index contributed by atoms with van der Waals surface area (Å²) >= 11 is 0. The van der Waals surface area contributed by atoms with Crippen LogP contribution >= 0.6 is 0 Å². The summed E-state index contributed by atoms with van der Waals surface area (Å²) in [6, 6.07) is 4.52. The summed E-state index contributed by atoms with van der Waals surface area (Å²) in [6.07, 6.45) is 1.65. The molecule has 0 atom stereocenters. The fourth-order valence-corrected chi connectivity index (χ4v) is 1.70. The Bertz CT molecular complexity index is 665. The van der Waals surface area contributed by atoms with E-state index in [0.29, 0.717) is 24.5 Å². The predicted molar refractivity (Wildman–Crippen MR) is 80.3 cm³/mol. The molecule has 0 aliphatic carbocycles. The van der Waals surface area contributed by atoms with Crippen molar-refractivity contribution in [1.82, 2.24) is 20.3 Å². The van der Waals surface area contributed by atoms with Gasteiger partial charge in [0, 0.05) is 13.1 Å². The number of nitrogens with one attached hydrogen (secondary N) is 1. The summed E-state index contributed by atoms with van der Waals surface area (Å²) in [7, 11) is 0. The minimum absolute atomic E-state index is 0.134. The molecule has 0 spiro atoms. The molecule has 0 aliphatic heterocycles. The van der Waals surface area contributed by atoms with E-state index in [-0.39, 0.29) is 18.4 Å². The van der Waals surface area contributed by atoms with Gasteiger partial charge in [-0.25, -0.2) is 13.9 Å². The first-order valence-corrected chi connectivity index (χ1v) is 6.88. The average Bonchev–Trinajstić information content (AvgIpc) is 3.02. The van der Waals surface area contributed by atoms with Gasteiger partial charge in [-0.05, 0) is 24.3 Å². The highest BCUT2D eigenvalue weighted by atomic mass is 19.1. The number of nitrogens with zero attached hydrogens (tertiary/aromatic N) is 5. The van der Waals surface area contributed by atoms with Crippen molar-refractivity contribution in [2.75, 3.05) is 13.1 Å². The van der Waals surface area contributed by atoms with Gasteiger partial charge >= 0.3 is 6.03 Å². The van der Waals surface area contributed by atoms with Crippen molar-refractivity contribution in [2.45, 2.75) is 12.6 Å². The van der Waals surface area contributed by atoms with Crippen molar-refractivity contribution in [3.63, 3.8) is 0 Å². The Balaban J connectivity index is 1.85. The molecule has 0 bridgehead atoms. The number of nitrogens with two attached hydrogens (primary N) is 2. The molecule has 122 valence electrons. The van der Waals surface area contributed by atoms with E-state index in [1.54, 1.807) is 10.9 Å². The molecule has 0 radical (unpaired) electrons. The summed E-state index contributed by atoms with van der Waals surface area (Å²) in [5.74, 6) is -0.384. The van der Waals surface area contributed by atoms with Crippen LogP contribution in [0, 0.1) is 5.82 Å². The standard InChI is InChI=1S/C13H17FN8O/c14-9-1-3-10(4-2-9)18-20-13(23)17-7-11-8-22(21-19-11)12(5-15)6-16/h1-4,8,12H,5-7,15-16H2,(H,17,23). The zero-order valence-corrected chi connectivity index (χ0v) is 12.3. The quantitative estimate of drug-likeness (QED) is 0.678. The van der Waals surface area contributed by atoms with Gasteiger partial charge in [-0.3, -0.25) is 0 Å². The molecule has 9 nitrogen and oxygen atoms in total. The second-order valence-corrected chi connectivity index (χ2v) is 4.65. The van der Waals surface area contributed by atoms with E-state index in [9.17, 15) is 9.18 Å². The third kappa shape index (κ3) is 4.90. The third-order valence-electron chi connectivity index (χ3n) is 2.98. The SMILES string of the molecule is NCC(CN)n1cc(CNC(=O)N=Nc2ccc(F)cc2)nn1. The van der Waals surface area contributed by atoms with E-state index >= 15 is 0 Å². The van der Waals surface area contributed by atoms with Crippen LogP contribution in [0.2, 0.25) is 0 Å². The number of amides is 2. The average molecular weight is 320 g/mol. The molecule has 1 heterocycles. The van der Waals surface area contributed by atoms with E-state index in [1.807, 2.05) is 0 Å². The molecule has 10 heteroatoms. The summed E-state index contributed by atoms with van der Waals surface area (Å²) in [6.45, 7) is 0.832. The van der Waals surface area contributed by atoms with Crippen LogP contribution < -0.4 is 16.8 Å². The van der Waals surface area contributed by atoms with E-state index in [0.717, 1.165) is 0 Å². The Labute approximate surface area is 131 Å². The number of carbonyl (C=O) groups excluding carboxylic acids is 1. The van der Waals surface area contributed by atoms with Crippen LogP contribution in [-0.4, -0.2) is 34.1 Å². The summed E-state index contributed by atoms with van der Waals surface area (Å²) in [4.78, 5) is 11.6. The first-order chi connectivity index (χ1) is 11.1. The molecular formula is C13H17FN8O. The Morgan fingerprint density at radius 3 is 2.65 bits per heavy atom. The molecule has 0 saturated heterocycles. The van der Waals surface area contributed by atoms with Crippen LogP contribution in [0.5, 0.6) is 0 Å². The Kier molecular flexibility index (Phi) is 5.83. The zero-order valence-electron chi connectivity index (χ0n) is 12.3. The fourth-order valence-electron chi connectivity index (χ4n) is 1.70. The molecule has 0 saturated carbocycles. The highest BCUT2D eigenvalue weighted by Crippen LogP contribution is 2.12. The van der Waals surface area contributed by atoms with Crippen molar-refractivity contribution in [3.05, 3.63) is 42.0 Å². The van der Waals surface area contributed by atoms with Gasteiger partial charge in [0.2, 0.25) is 0 Å². The van der Waals surface area contributed by atoms with Crippen molar-refractivity contribution >= 4 is 11.7 Å². The van der Waals surface area contributed by atoms with Gasteiger partial charge in [-0.15, -0.1) is 10.2 Å². The highest BCUT2D eigenvalue weighted by molar-refractivity contribution is 5.74. The lowest BCUT2D eigenvalue weighted by molar-refractivity contribution is 0.247. The fraction of sp³-hybridized carbons (Fsp3) is 0.308. The van der Waals surface area contributed by atoms with Gasteiger partial charge in [0.15, 0.2) is 0 Å². The molecule has 2 aromatic rings. The van der Waals surface area contributed by atoms with Crippen molar-refractivity contribution in [1.29, 1.82) is 0 Å². The Hall–Kier alpha value is -2.72. The van der Waals surface area contributed by atoms with Gasteiger partial charge in [-0.2, -0.15) is 0 Å². The summed E-state index contributed by atoms with van der Waals surface area (Å²) < 4.78 is 14.3. The van der Waals surface area contributed by atoms with Crippen LogP contribution in [0.25, 0.3) is 0 Å². The molecule has 0 aliphatic rings. The van der Waals surface area contributed by atoms with E-state index in [2.05, 4.69) is 25.9 Å². The number of carbonyl (C=O) groups is 1. The van der Waals surface area contributed by atoms with Crippen LogP contribution in [0.1, 0.15) is 11.7 Å². The van der Waals surface area contributed by atoms with Crippen molar-refractivity contribution < 1.29 is 9.18 Å². The lowest BCUT2D eigenvalue weighted by Crippen LogP contribution is -2.27. The van der Waals surface area contributed by atoms with E-state index < -0.39 is 6.03 Å². The minimum atomic E-state index is -0.641. The lowest BCUT2D eigenvalue weighted by Gasteiger charge is -2.10. The van der Waals surface area contributed by atoms with Gasteiger partial charge in [0.1, 0.15) is 11.5 Å². The van der Waals surface area contributed by atoms with Gasteiger partial charge in [0.25, 0.3) is 0 Å². The topological polar surface area (TPSA) is 137 Å². The normalized spacial score (nSPS) is 11.3. The van der Waals surface area contributed by atoms with Crippen LogP contribution in [0.4, 0.5) is 14.9 Å². The molecular weight excluding hydrogens is 303 g/mol. The molecule has 2 rings (SSSR count). The molecule has 23 heavy (non-hydrogen) atoms. The maximum atomic E-state index is 12.7. The number of hydrogen-bond acceptors (Lipinski definition) is 6. The molecule has 1 aromatic heterocycles. The van der Waals surface area contributed by atoms with Crippen LogP contribution in [0.3, 0.4) is 0 Å².